The van der Waals surface area contributed by atoms with Crippen LogP contribution in [0.4, 0.5) is 0 Å². The fourth-order valence-electron chi connectivity index (χ4n) is 0.761. The van der Waals surface area contributed by atoms with Gasteiger partial charge in [0, 0.05) is 0 Å². The van der Waals surface area contributed by atoms with E-state index in [9.17, 15) is 0 Å². The second-order valence-electron chi connectivity index (χ2n) is 2.43. The summed E-state index contributed by atoms with van der Waals surface area (Å²) >= 11 is 0. The van der Waals surface area contributed by atoms with Gasteiger partial charge in [0.2, 0.25) is 0 Å². The summed E-state index contributed by atoms with van der Waals surface area (Å²) < 4.78 is 0. The Balaban J connectivity index is 3.38. The van der Waals surface area contributed by atoms with Gasteiger partial charge in [-0.05, 0) is 19.8 Å². The standard InChI is InChI=1S/C9H16O2/c1-9(6-8-11)5-3-2-4-7-10/h2,4,6,10-11H,3,5,7-8H2,1H3. The first kappa shape index (κ1) is 10.4. The minimum atomic E-state index is 0.114. The molecule has 0 radical (unpaired) electrons. The van der Waals surface area contributed by atoms with Crippen molar-refractivity contribution in [3.8, 4) is 0 Å². The Bertz CT molecular complexity index is 136. The zero-order valence-corrected chi connectivity index (χ0v) is 6.95. The van der Waals surface area contributed by atoms with Gasteiger partial charge in [-0.2, -0.15) is 0 Å². The summed E-state index contributed by atoms with van der Waals surface area (Å²) in [5.74, 6) is 0. The maximum atomic E-state index is 8.50. The highest BCUT2D eigenvalue weighted by atomic mass is 16.3. The lowest BCUT2D eigenvalue weighted by Crippen LogP contribution is -1.80. The zero-order chi connectivity index (χ0) is 8.53. The van der Waals surface area contributed by atoms with Gasteiger partial charge in [-0.3, -0.25) is 0 Å². The lowest BCUT2D eigenvalue weighted by atomic mass is 10.1. The van der Waals surface area contributed by atoms with Gasteiger partial charge in [-0.25, -0.2) is 0 Å². The molecule has 0 atom stereocenters. The molecule has 0 aromatic carbocycles. The smallest absolute Gasteiger partial charge is 0.0614 e. The van der Waals surface area contributed by atoms with Gasteiger partial charge in [-0.1, -0.05) is 23.8 Å². The minimum Gasteiger partial charge on any atom is -0.392 e. The minimum absolute atomic E-state index is 0.114. The number of hydrogen-bond donors (Lipinski definition) is 2. The van der Waals surface area contributed by atoms with Gasteiger partial charge in [0.25, 0.3) is 0 Å². The van der Waals surface area contributed by atoms with Crippen molar-refractivity contribution in [1.82, 2.24) is 0 Å². The molecule has 64 valence electrons. The van der Waals surface area contributed by atoms with Crippen LogP contribution in [0.15, 0.2) is 23.8 Å². The molecule has 0 rings (SSSR count). The summed E-state index contributed by atoms with van der Waals surface area (Å²) in [7, 11) is 0. The molecule has 2 nitrogen and oxygen atoms in total. The molecule has 2 heteroatoms. The highest BCUT2D eigenvalue weighted by molar-refractivity contribution is 4.99. The van der Waals surface area contributed by atoms with Gasteiger partial charge in [0.05, 0.1) is 13.2 Å². The normalized spacial score (nSPS) is 12.8. The number of aliphatic hydroxyl groups is 2. The van der Waals surface area contributed by atoms with Gasteiger partial charge in [0.1, 0.15) is 0 Å². The Hall–Kier alpha value is -0.600. The molecule has 0 spiro atoms. The fraction of sp³-hybridized carbons (Fsp3) is 0.556. The van der Waals surface area contributed by atoms with E-state index < -0.39 is 0 Å². The Kier molecular flexibility index (Phi) is 7.10. The van der Waals surface area contributed by atoms with E-state index in [4.69, 9.17) is 10.2 Å². The number of allylic oxidation sites excluding steroid dienone is 2. The van der Waals surface area contributed by atoms with E-state index in [-0.39, 0.29) is 13.2 Å². The monoisotopic (exact) mass is 156 g/mol. The Labute approximate surface area is 67.9 Å². The third kappa shape index (κ3) is 7.30. The van der Waals surface area contributed by atoms with Crippen molar-refractivity contribution < 1.29 is 10.2 Å². The maximum Gasteiger partial charge on any atom is 0.0614 e. The summed E-state index contributed by atoms with van der Waals surface area (Å²) in [5.41, 5.74) is 1.19. The van der Waals surface area contributed by atoms with Crippen molar-refractivity contribution >= 4 is 0 Å². The van der Waals surface area contributed by atoms with E-state index in [0.717, 1.165) is 12.8 Å². The van der Waals surface area contributed by atoms with Crippen LogP contribution >= 0.6 is 0 Å². The molecule has 0 heterocycles. The van der Waals surface area contributed by atoms with Crippen molar-refractivity contribution in [3.05, 3.63) is 23.8 Å². The third-order valence-corrected chi connectivity index (χ3v) is 1.42. The predicted octanol–water partition coefficient (Wildman–Crippen LogP) is 1.25. The highest BCUT2D eigenvalue weighted by Crippen LogP contribution is 2.03. The Morgan fingerprint density at radius 1 is 1.18 bits per heavy atom. The summed E-state index contributed by atoms with van der Waals surface area (Å²) in [5, 5.41) is 16.9. The molecular weight excluding hydrogens is 140 g/mol. The van der Waals surface area contributed by atoms with Crippen molar-refractivity contribution in [2.45, 2.75) is 19.8 Å². The largest absolute Gasteiger partial charge is 0.392 e. The van der Waals surface area contributed by atoms with Crippen molar-refractivity contribution in [2.75, 3.05) is 13.2 Å². The van der Waals surface area contributed by atoms with Gasteiger partial charge in [0.15, 0.2) is 0 Å². The Morgan fingerprint density at radius 2 is 1.91 bits per heavy atom. The quantitative estimate of drug-likeness (QED) is 0.588. The molecular formula is C9H16O2. The molecule has 11 heavy (non-hydrogen) atoms. The van der Waals surface area contributed by atoms with Crippen LogP contribution in [0.1, 0.15) is 19.8 Å². The van der Waals surface area contributed by atoms with Crippen LogP contribution in [-0.4, -0.2) is 23.4 Å². The molecule has 0 bridgehead atoms. The molecule has 2 N–H and O–H groups in total. The summed E-state index contributed by atoms with van der Waals surface area (Å²) in [4.78, 5) is 0. The lowest BCUT2D eigenvalue weighted by Gasteiger charge is -1.95. The van der Waals surface area contributed by atoms with Crippen LogP contribution in [-0.2, 0) is 0 Å². The molecule has 0 aromatic rings. The van der Waals surface area contributed by atoms with E-state index >= 15 is 0 Å². The molecule has 0 unspecified atom stereocenters. The Morgan fingerprint density at radius 3 is 2.45 bits per heavy atom. The fourth-order valence-corrected chi connectivity index (χ4v) is 0.761. The number of rotatable bonds is 5. The topological polar surface area (TPSA) is 40.5 Å². The summed E-state index contributed by atoms with van der Waals surface area (Å²) in [6.45, 7) is 2.22. The first-order valence-corrected chi connectivity index (χ1v) is 3.83. The first-order valence-electron chi connectivity index (χ1n) is 3.83. The van der Waals surface area contributed by atoms with E-state index in [1.807, 2.05) is 13.0 Å². The third-order valence-electron chi connectivity index (χ3n) is 1.42. The van der Waals surface area contributed by atoms with Crippen LogP contribution in [0.25, 0.3) is 0 Å². The molecule has 0 saturated carbocycles. The van der Waals surface area contributed by atoms with Gasteiger partial charge < -0.3 is 10.2 Å². The zero-order valence-electron chi connectivity index (χ0n) is 6.95. The second-order valence-corrected chi connectivity index (χ2v) is 2.43. The molecule has 0 aromatic heterocycles. The molecule has 0 saturated heterocycles. The molecule has 0 aliphatic carbocycles. The van der Waals surface area contributed by atoms with Crippen LogP contribution in [0.2, 0.25) is 0 Å². The summed E-state index contributed by atoms with van der Waals surface area (Å²) in [6, 6.07) is 0. The predicted molar refractivity (Wildman–Crippen MR) is 46.3 cm³/mol. The van der Waals surface area contributed by atoms with Crippen molar-refractivity contribution in [1.29, 1.82) is 0 Å². The summed E-state index contributed by atoms with van der Waals surface area (Å²) in [6.07, 6.45) is 7.35. The van der Waals surface area contributed by atoms with E-state index in [1.54, 1.807) is 12.2 Å². The van der Waals surface area contributed by atoms with E-state index in [0.29, 0.717) is 0 Å². The first-order chi connectivity index (χ1) is 5.31. The maximum absolute atomic E-state index is 8.50. The molecule has 0 fully saturated rings. The van der Waals surface area contributed by atoms with Crippen LogP contribution in [0.5, 0.6) is 0 Å². The van der Waals surface area contributed by atoms with Crippen LogP contribution in [0.3, 0.4) is 0 Å². The van der Waals surface area contributed by atoms with Gasteiger partial charge in [-0.15, -0.1) is 0 Å². The average molecular weight is 156 g/mol. The molecule has 0 aliphatic heterocycles. The molecule has 0 aliphatic rings. The number of aliphatic hydroxyl groups excluding tert-OH is 2. The van der Waals surface area contributed by atoms with E-state index in [2.05, 4.69) is 0 Å². The van der Waals surface area contributed by atoms with Gasteiger partial charge >= 0.3 is 0 Å². The van der Waals surface area contributed by atoms with Crippen LogP contribution in [0, 0.1) is 0 Å². The van der Waals surface area contributed by atoms with Crippen molar-refractivity contribution in [2.24, 2.45) is 0 Å². The SMILES string of the molecule is CC(=CCO)CCC=CCO. The van der Waals surface area contributed by atoms with Crippen molar-refractivity contribution in [3.63, 3.8) is 0 Å². The highest BCUT2D eigenvalue weighted by Gasteiger charge is 1.85. The lowest BCUT2D eigenvalue weighted by molar-refractivity contribution is 0.341. The second kappa shape index (κ2) is 7.51. The average Bonchev–Trinajstić information content (AvgIpc) is 1.99. The van der Waals surface area contributed by atoms with Crippen LogP contribution < -0.4 is 0 Å². The van der Waals surface area contributed by atoms with E-state index in [1.165, 1.54) is 5.57 Å². The molecule has 0 amide bonds. The number of hydrogen-bond acceptors (Lipinski definition) is 2.